The summed E-state index contributed by atoms with van der Waals surface area (Å²) in [6.45, 7) is 2.94. The number of sulfone groups is 1. The van der Waals surface area contributed by atoms with Crippen LogP contribution in [-0.4, -0.2) is 32.9 Å². The number of anilines is 1. The smallest absolute Gasteiger partial charge is 0.175 e. The molecule has 0 spiro atoms. The summed E-state index contributed by atoms with van der Waals surface area (Å²) in [7, 11) is -3.25. The quantitative estimate of drug-likeness (QED) is 0.881. The number of aliphatic hydroxyl groups excluding tert-OH is 1. The predicted molar refractivity (Wildman–Crippen MR) is 88.8 cm³/mol. The molecule has 4 nitrogen and oxygen atoms in total. The van der Waals surface area contributed by atoms with E-state index >= 15 is 0 Å². The van der Waals surface area contributed by atoms with Crippen molar-refractivity contribution in [1.82, 2.24) is 0 Å². The lowest BCUT2D eigenvalue weighted by Crippen LogP contribution is -2.28. The molecule has 0 radical (unpaired) electrons. The van der Waals surface area contributed by atoms with Crippen LogP contribution in [0.4, 0.5) is 10.1 Å². The summed E-state index contributed by atoms with van der Waals surface area (Å²) in [5.41, 5.74) is 1.46. The molecule has 0 saturated heterocycles. The fourth-order valence-electron chi connectivity index (χ4n) is 2.32. The maximum absolute atomic E-state index is 13.0. The molecule has 0 aliphatic carbocycles. The third-order valence-electron chi connectivity index (χ3n) is 3.66. The molecule has 124 valence electrons. The molecule has 0 aliphatic rings. The van der Waals surface area contributed by atoms with E-state index in [-0.39, 0.29) is 10.7 Å². The van der Waals surface area contributed by atoms with Crippen molar-refractivity contribution in [3.63, 3.8) is 0 Å². The molecule has 0 amide bonds. The van der Waals surface area contributed by atoms with Crippen molar-refractivity contribution in [2.75, 3.05) is 24.2 Å². The van der Waals surface area contributed by atoms with Crippen LogP contribution in [0.25, 0.3) is 0 Å². The second kappa shape index (κ2) is 7.10. The molecule has 1 unspecified atom stereocenters. The van der Waals surface area contributed by atoms with Gasteiger partial charge in [0.25, 0.3) is 0 Å². The molecule has 2 rings (SSSR count). The lowest BCUT2D eigenvalue weighted by molar-refractivity contribution is 0.183. The van der Waals surface area contributed by atoms with E-state index in [1.807, 2.05) is 11.8 Å². The van der Waals surface area contributed by atoms with Gasteiger partial charge in [0.2, 0.25) is 0 Å². The summed E-state index contributed by atoms with van der Waals surface area (Å²) in [4.78, 5) is 2.15. The molecule has 0 saturated carbocycles. The molecule has 6 heteroatoms. The van der Waals surface area contributed by atoms with Crippen molar-refractivity contribution >= 4 is 15.5 Å². The van der Waals surface area contributed by atoms with Gasteiger partial charge in [0.15, 0.2) is 9.84 Å². The average Bonchev–Trinajstić information content (AvgIpc) is 2.52. The first kappa shape index (κ1) is 17.4. The van der Waals surface area contributed by atoms with Gasteiger partial charge in [-0.2, -0.15) is 0 Å². The molecule has 23 heavy (non-hydrogen) atoms. The standard InChI is InChI=1S/C17H20FNO3S/c1-3-19(15-8-6-14(18)7-9-15)12-17(20)13-4-10-16(11-5-13)23(2,21)22/h4-11,17,20H,3,12H2,1-2H3. The first-order valence-corrected chi connectivity index (χ1v) is 9.19. The van der Waals surface area contributed by atoms with Crippen molar-refractivity contribution in [2.24, 2.45) is 0 Å². The third kappa shape index (κ3) is 4.53. The van der Waals surface area contributed by atoms with Crippen molar-refractivity contribution in [3.05, 3.63) is 59.9 Å². The number of halogens is 1. The average molecular weight is 337 g/mol. The topological polar surface area (TPSA) is 57.6 Å². The Kier molecular flexibility index (Phi) is 5.38. The van der Waals surface area contributed by atoms with E-state index in [9.17, 15) is 17.9 Å². The SMILES string of the molecule is CCN(CC(O)c1ccc(S(C)(=O)=O)cc1)c1ccc(F)cc1. The summed E-state index contributed by atoms with van der Waals surface area (Å²) in [6.07, 6.45) is 0.375. The largest absolute Gasteiger partial charge is 0.387 e. The van der Waals surface area contributed by atoms with Gasteiger partial charge in [0, 0.05) is 25.0 Å². The molecule has 1 N–H and O–H groups in total. The number of hydrogen-bond acceptors (Lipinski definition) is 4. The van der Waals surface area contributed by atoms with E-state index in [0.717, 1.165) is 11.9 Å². The normalized spacial score (nSPS) is 12.9. The van der Waals surface area contributed by atoms with Crippen LogP contribution in [0.5, 0.6) is 0 Å². The van der Waals surface area contributed by atoms with Crippen molar-refractivity contribution in [1.29, 1.82) is 0 Å². The second-order valence-electron chi connectivity index (χ2n) is 5.37. The van der Waals surface area contributed by atoms with Gasteiger partial charge in [0.1, 0.15) is 5.82 Å². The molecule has 2 aromatic carbocycles. The second-order valence-corrected chi connectivity index (χ2v) is 7.39. The monoisotopic (exact) mass is 337 g/mol. The molecule has 0 bridgehead atoms. The molecule has 2 aromatic rings. The molecular formula is C17H20FNO3S. The zero-order valence-corrected chi connectivity index (χ0v) is 13.9. The van der Waals surface area contributed by atoms with E-state index in [1.165, 1.54) is 24.3 Å². The Bertz CT molecular complexity index is 742. The maximum atomic E-state index is 13.0. The molecule has 1 atom stereocenters. The molecule has 0 aromatic heterocycles. The number of rotatable bonds is 6. The lowest BCUT2D eigenvalue weighted by Gasteiger charge is -2.26. The Labute approximate surface area is 136 Å². The minimum absolute atomic E-state index is 0.222. The highest BCUT2D eigenvalue weighted by Gasteiger charge is 2.14. The van der Waals surface area contributed by atoms with Crippen molar-refractivity contribution < 1.29 is 17.9 Å². The minimum Gasteiger partial charge on any atom is -0.387 e. The highest BCUT2D eigenvalue weighted by molar-refractivity contribution is 7.90. The molecular weight excluding hydrogens is 317 g/mol. The fourth-order valence-corrected chi connectivity index (χ4v) is 2.95. The van der Waals surface area contributed by atoms with Crippen LogP contribution < -0.4 is 4.90 Å². The van der Waals surface area contributed by atoms with Gasteiger partial charge in [-0.05, 0) is 48.9 Å². The third-order valence-corrected chi connectivity index (χ3v) is 4.79. The van der Waals surface area contributed by atoms with Crippen LogP contribution in [0.3, 0.4) is 0 Å². The van der Waals surface area contributed by atoms with Crippen molar-refractivity contribution in [3.8, 4) is 0 Å². The Morgan fingerprint density at radius 3 is 2.13 bits per heavy atom. The van der Waals surface area contributed by atoms with Gasteiger partial charge in [-0.1, -0.05) is 12.1 Å². The number of aliphatic hydroxyl groups is 1. The fraction of sp³-hybridized carbons (Fsp3) is 0.294. The number of hydrogen-bond donors (Lipinski definition) is 1. The summed E-state index contributed by atoms with van der Waals surface area (Å²) in [5, 5.41) is 10.4. The summed E-state index contributed by atoms with van der Waals surface area (Å²) in [5.74, 6) is -0.304. The highest BCUT2D eigenvalue weighted by Crippen LogP contribution is 2.21. The van der Waals surface area contributed by atoms with Crippen LogP contribution in [0.15, 0.2) is 53.4 Å². The van der Waals surface area contributed by atoms with Crippen LogP contribution in [0.2, 0.25) is 0 Å². The Balaban J connectivity index is 2.13. The minimum atomic E-state index is -3.25. The van der Waals surface area contributed by atoms with Crippen LogP contribution in [-0.2, 0) is 9.84 Å². The van der Waals surface area contributed by atoms with Crippen LogP contribution >= 0.6 is 0 Å². The molecule has 0 heterocycles. The van der Waals surface area contributed by atoms with Crippen LogP contribution in [0, 0.1) is 5.82 Å². The predicted octanol–water partition coefficient (Wildman–Crippen LogP) is 2.79. The van der Waals surface area contributed by atoms with Crippen molar-refractivity contribution in [2.45, 2.75) is 17.9 Å². The van der Waals surface area contributed by atoms with E-state index in [2.05, 4.69) is 0 Å². The van der Waals surface area contributed by atoms with Gasteiger partial charge in [-0.15, -0.1) is 0 Å². The summed E-state index contributed by atoms with van der Waals surface area (Å²) in [6, 6.07) is 12.3. The number of benzene rings is 2. The highest BCUT2D eigenvalue weighted by atomic mass is 32.2. The first-order valence-electron chi connectivity index (χ1n) is 7.30. The summed E-state index contributed by atoms with van der Waals surface area (Å²) >= 11 is 0. The summed E-state index contributed by atoms with van der Waals surface area (Å²) < 4.78 is 35.9. The van der Waals surface area contributed by atoms with Gasteiger partial charge >= 0.3 is 0 Å². The Morgan fingerprint density at radius 2 is 1.65 bits per heavy atom. The van der Waals surface area contributed by atoms with Gasteiger partial charge in [-0.3, -0.25) is 0 Å². The van der Waals surface area contributed by atoms with E-state index in [0.29, 0.717) is 18.7 Å². The Morgan fingerprint density at radius 1 is 1.09 bits per heavy atom. The van der Waals surface area contributed by atoms with Crippen LogP contribution in [0.1, 0.15) is 18.6 Å². The number of nitrogens with zero attached hydrogens (tertiary/aromatic N) is 1. The van der Waals surface area contributed by atoms with Gasteiger partial charge in [-0.25, -0.2) is 12.8 Å². The zero-order chi connectivity index (χ0) is 17.0. The van der Waals surface area contributed by atoms with Gasteiger partial charge in [0.05, 0.1) is 11.0 Å². The van der Waals surface area contributed by atoms with E-state index in [1.54, 1.807) is 24.3 Å². The van der Waals surface area contributed by atoms with E-state index < -0.39 is 15.9 Å². The number of likely N-dealkylation sites (N-methyl/N-ethyl adjacent to an activating group) is 1. The Hall–Kier alpha value is -1.92. The maximum Gasteiger partial charge on any atom is 0.175 e. The molecule has 0 aliphatic heterocycles. The zero-order valence-electron chi connectivity index (χ0n) is 13.1. The van der Waals surface area contributed by atoms with Gasteiger partial charge < -0.3 is 10.0 Å². The lowest BCUT2D eigenvalue weighted by atomic mass is 10.1. The molecule has 0 fully saturated rings. The van der Waals surface area contributed by atoms with E-state index in [4.69, 9.17) is 0 Å². The first-order chi connectivity index (χ1) is 10.8.